The number of carbonyl (C=O) groups excluding carboxylic acids is 1. The molecule has 178 valence electrons. The van der Waals surface area contributed by atoms with Gasteiger partial charge in [-0.2, -0.15) is 0 Å². The number of hydrogen-bond donors (Lipinski definition) is 1. The Morgan fingerprint density at radius 1 is 0.853 bits per heavy atom. The molecule has 3 aromatic carbocycles. The van der Waals surface area contributed by atoms with Crippen LogP contribution in [-0.4, -0.2) is 31.7 Å². The summed E-state index contributed by atoms with van der Waals surface area (Å²) in [6, 6.07) is 25.5. The van der Waals surface area contributed by atoms with Crippen molar-refractivity contribution in [1.82, 2.24) is 9.62 Å². The number of rotatable bonds is 7. The van der Waals surface area contributed by atoms with Crippen molar-refractivity contribution in [3.63, 3.8) is 0 Å². The van der Waals surface area contributed by atoms with Crippen molar-refractivity contribution in [1.29, 1.82) is 0 Å². The second-order valence-corrected chi connectivity index (χ2v) is 11.1. The van der Waals surface area contributed by atoms with Gasteiger partial charge in [0.25, 0.3) is 0 Å². The molecule has 1 N–H and O–H groups in total. The van der Waals surface area contributed by atoms with E-state index in [1.165, 1.54) is 9.87 Å². The molecule has 1 fully saturated rings. The van der Waals surface area contributed by atoms with Gasteiger partial charge in [0.15, 0.2) is 0 Å². The molecule has 5 nitrogen and oxygen atoms in total. The molecule has 1 aliphatic heterocycles. The third-order valence-electron chi connectivity index (χ3n) is 6.52. The van der Waals surface area contributed by atoms with Crippen LogP contribution in [0.3, 0.4) is 0 Å². The fourth-order valence-corrected chi connectivity index (χ4v) is 5.97. The van der Waals surface area contributed by atoms with Gasteiger partial charge in [0.2, 0.25) is 15.9 Å². The van der Waals surface area contributed by atoms with Crippen LogP contribution in [0.25, 0.3) is 0 Å². The summed E-state index contributed by atoms with van der Waals surface area (Å²) in [7, 11) is -3.41. The van der Waals surface area contributed by atoms with Crippen LogP contribution >= 0.6 is 0 Å². The Morgan fingerprint density at radius 3 is 1.97 bits per heavy atom. The first-order chi connectivity index (χ1) is 16.3. The smallest absolute Gasteiger partial charge is 0.223 e. The van der Waals surface area contributed by atoms with Crippen LogP contribution in [0.1, 0.15) is 46.7 Å². The summed E-state index contributed by atoms with van der Waals surface area (Å²) in [5, 5.41) is 3.23. The third-order valence-corrected chi connectivity index (χ3v) is 8.37. The van der Waals surface area contributed by atoms with Crippen LogP contribution in [0.15, 0.2) is 78.9 Å². The molecule has 1 heterocycles. The van der Waals surface area contributed by atoms with Crippen molar-refractivity contribution >= 4 is 15.9 Å². The molecule has 0 bridgehead atoms. The molecule has 3 aromatic rings. The highest BCUT2D eigenvalue weighted by Gasteiger charge is 2.32. The van der Waals surface area contributed by atoms with Gasteiger partial charge in [-0.1, -0.05) is 90.0 Å². The quantitative estimate of drug-likeness (QED) is 0.535. The summed E-state index contributed by atoms with van der Waals surface area (Å²) in [6.07, 6.45) is 1.04. The molecule has 0 unspecified atom stereocenters. The van der Waals surface area contributed by atoms with Gasteiger partial charge >= 0.3 is 0 Å². The minimum absolute atomic E-state index is 0.00630. The lowest BCUT2D eigenvalue weighted by atomic mass is 9.94. The van der Waals surface area contributed by atoms with E-state index in [9.17, 15) is 13.2 Å². The monoisotopic (exact) mass is 476 g/mol. The van der Waals surface area contributed by atoms with E-state index in [-0.39, 0.29) is 23.6 Å². The fraction of sp³-hybridized carbons (Fsp3) is 0.321. The number of benzene rings is 3. The summed E-state index contributed by atoms with van der Waals surface area (Å²) in [6.45, 7) is 4.76. The van der Waals surface area contributed by atoms with Crippen LogP contribution in [0, 0.1) is 19.8 Å². The highest BCUT2D eigenvalue weighted by molar-refractivity contribution is 7.88. The Kier molecular flexibility index (Phi) is 7.49. The second kappa shape index (κ2) is 10.5. The molecule has 34 heavy (non-hydrogen) atoms. The van der Waals surface area contributed by atoms with E-state index in [0.29, 0.717) is 25.9 Å². The van der Waals surface area contributed by atoms with Crippen LogP contribution in [0.2, 0.25) is 0 Å². The normalized spacial score (nSPS) is 16.2. The van der Waals surface area contributed by atoms with Gasteiger partial charge in [-0.15, -0.1) is 0 Å². The average Bonchev–Trinajstić information content (AvgIpc) is 2.85. The topological polar surface area (TPSA) is 66.5 Å². The van der Waals surface area contributed by atoms with E-state index >= 15 is 0 Å². The SMILES string of the molecule is Cc1ccc(CS(=O)(=O)N2CCC(C(=O)N[C@H](c3ccccc3)c3ccc(C)cc3)CC2)cc1. The molecule has 0 aliphatic carbocycles. The zero-order valence-corrected chi connectivity index (χ0v) is 20.6. The molecule has 0 saturated carbocycles. The Labute approximate surface area is 202 Å². The minimum Gasteiger partial charge on any atom is -0.345 e. The van der Waals surface area contributed by atoms with Gasteiger partial charge in [-0.05, 0) is 43.4 Å². The standard InChI is InChI=1S/C28H32N2O3S/c1-21-8-12-23(13-9-21)20-34(32,33)30-18-16-26(17-19-30)28(31)29-27(24-6-4-3-5-7-24)25-14-10-22(2)11-15-25/h3-15,26-27H,16-20H2,1-2H3,(H,29,31)/t27-/m1/s1. The van der Waals surface area contributed by atoms with Crippen LogP contribution in [-0.2, 0) is 20.6 Å². The highest BCUT2D eigenvalue weighted by atomic mass is 32.2. The van der Waals surface area contributed by atoms with E-state index in [1.807, 2.05) is 80.6 Å². The van der Waals surface area contributed by atoms with E-state index in [4.69, 9.17) is 0 Å². The van der Waals surface area contributed by atoms with Crippen molar-refractivity contribution in [2.45, 2.75) is 38.5 Å². The molecule has 0 aromatic heterocycles. The van der Waals surface area contributed by atoms with Gasteiger partial charge in [0.1, 0.15) is 0 Å². The maximum atomic E-state index is 13.2. The minimum atomic E-state index is -3.41. The summed E-state index contributed by atoms with van der Waals surface area (Å²) >= 11 is 0. The molecule has 1 amide bonds. The highest BCUT2D eigenvalue weighted by Crippen LogP contribution is 2.26. The number of amides is 1. The predicted molar refractivity (Wildman–Crippen MR) is 136 cm³/mol. The lowest BCUT2D eigenvalue weighted by molar-refractivity contribution is -0.126. The lowest BCUT2D eigenvalue weighted by Crippen LogP contribution is -2.44. The first-order valence-electron chi connectivity index (χ1n) is 11.8. The summed E-state index contributed by atoms with van der Waals surface area (Å²) in [5.41, 5.74) is 5.11. The first kappa shape index (κ1) is 24.2. The van der Waals surface area contributed by atoms with Crippen LogP contribution in [0.5, 0.6) is 0 Å². The van der Waals surface area contributed by atoms with Gasteiger partial charge in [-0.25, -0.2) is 12.7 Å². The van der Waals surface area contributed by atoms with Gasteiger partial charge in [0, 0.05) is 19.0 Å². The Balaban J connectivity index is 1.40. The number of piperidine rings is 1. The van der Waals surface area contributed by atoms with E-state index < -0.39 is 10.0 Å². The van der Waals surface area contributed by atoms with Crippen molar-refractivity contribution in [3.8, 4) is 0 Å². The van der Waals surface area contributed by atoms with Gasteiger partial charge < -0.3 is 5.32 Å². The van der Waals surface area contributed by atoms with Crippen molar-refractivity contribution in [3.05, 3.63) is 107 Å². The molecular formula is C28H32N2O3S. The molecule has 1 saturated heterocycles. The maximum Gasteiger partial charge on any atom is 0.223 e. The summed E-state index contributed by atoms with van der Waals surface area (Å²) in [4.78, 5) is 13.2. The molecular weight excluding hydrogens is 444 g/mol. The second-order valence-electron chi connectivity index (χ2n) is 9.18. The number of nitrogens with one attached hydrogen (secondary N) is 1. The van der Waals surface area contributed by atoms with Gasteiger partial charge in [0.05, 0.1) is 11.8 Å². The number of nitrogens with zero attached hydrogens (tertiary/aromatic N) is 1. The van der Waals surface area contributed by atoms with Crippen LogP contribution in [0.4, 0.5) is 0 Å². The van der Waals surface area contributed by atoms with Crippen molar-refractivity contribution in [2.75, 3.05) is 13.1 Å². The van der Waals surface area contributed by atoms with Crippen molar-refractivity contribution < 1.29 is 13.2 Å². The third kappa shape index (κ3) is 5.93. The predicted octanol–water partition coefficient (Wildman–Crippen LogP) is 4.75. The maximum absolute atomic E-state index is 13.2. The number of carbonyl (C=O) groups is 1. The summed E-state index contributed by atoms with van der Waals surface area (Å²) < 4.78 is 27.4. The Bertz CT molecular complexity index is 1200. The first-order valence-corrected chi connectivity index (χ1v) is 13.4. The number of sulfonamides is 1. The average molecular weight is 477 g/mol. The van der Waals surface area contributed by atoms with Crippen molar-refractivity contribution in [2.24, 2.45) is 5.92 Å². The molecule has 6 heteroatoms. The largest absolute Gasteiger partial charge is 0.345 e. The Hall–Kier alpha value is -2.96. The van der Waals surface area contributed by atoms with E-state index in [1.54, 1.807) is 0 Å². The molecule has 1 aliphatic rings. The Morgan fingerprint density at radius 2 is 1.38 bits per heavy atom. The van der Waals surface area contributed by atoms with E-state index in [2.05, 4.69) is 17.4 Å². The lowest BCUT2D eigenvalue weighted by Gasteiger charge is -2.31. The van der Waals surface area contributed by atoms with Crippen LogP contribution < -0.4 is 5.32 Å². The fourth-order valence-electron chi connectivity index (χ4n) is 4.41. The molecule has 0 spiro atoms. The van der Waals surface area contributed by atoms with E-state index in [0.717, 1.165) is 22.3 Å². The summed E-state index contributed by atoms with van der Waals surface area (Å²) in [5.74, 6) is -0.235. The number of aryl methyl sites for hydroxylation is 2. The van der Waals surface area contributed by atoms with Gasteiger partial charge in [-0.3, -0.25) is 4.79 Å². The number of hydrogen-bond acceptors (Lipinski definition) is 3. The zero-order chi connectivity index (χ0) is 24.1. The molecule has 4 rings (SSSR count). The molecule has 0 radical (unpaired) electrons. The molecule has 1 atom stereocenters. The zero-order valence-electron chi connectivity index (χ0n) is 19.8.